The monoisotopic (exact) mass is 259 g/mol. The quantitative estimate of drug-likeness (QED) is 0.593. The van der Waals surface area contributed by atoms with Crippen LogP contribution in [0.5, 0.6) is 0 Å². The molecule has 0 aromatic rings. The summed E-state index contributed by atoms with van der Waals surface area (Å²) in [7, 11) is 1.28. The third-order valence-corrected chi connectivity index (χ3v) is 3.07. The second-order valence-electron chi connectivity index (χ2n) is 4.14. The molecule has 2 aliphatic heterocycles. The van der Waals surface area contributed by atoms with Gasteiger partial charge in [0, 0.05) is 13.1 Å². The Morgan fingerprint density at radius 2 is 1.94 bits per heavy atom. The second-order valence-corrected chi connectivity index (χ2v) is 4.14. The van der Waals surface area contributed by atoms with Gasteiger partial charge in [-0.2, -0.15) is 0 Å². The molecule has 0 bridgehead atoms. The van der Waals surface area contributed by atoms with E-state index in [9.17, 15) is 9.59 Å². The molecule has 102 valence electrons. The van der Waals surface area contributed by atoms with Crippen molar-refractivity contribution in [2.75, 3.05) is 46.8 Å². The molecular formula is C11H17NO6. The van der Waals surface area contributed by atoms with Crippen molar-refractivity contribution < 1.29 is 28.5 Å². The zero-order valence-corrected chi connectivity index (χ0v) is 10.3. The average molecular weight is 259 g/mol. The van der Waals surface area contributed by atoms with Crippen LogP contribution < -0.4 is 0 Å². The van der Waals surface area contributed by atoms with Crippen molar-refractivity contribution in [2.45, 2.75) is 6.10 Å². The summed E-state index contributed by atoms with van der Waals surface area (Å²) in [5, 5.41) is 0. The molecule has 2 aliphatic rings. The lowest BCUT2D eigenvalue weighted by molar-refractivity contribution is -0.201. The number of rotatable bonds is 2. The fraction of sp³-hybridized carbons (Fsp3) is 0.818. The van der Waals surface area contributed by atoms with Crippen LogP contribution in [0.2, 0.25) is 0 Å². The van der Waals surface area contributed by atoms with Crippen molar-refractivity contribution in [3.8, 4) is 0 Å². The highest BCUT2D eigenvalue weighted by atomic mass is 16.7. The van der Waals surface area contributed by atoms with Gasteiger partial charge in [0.05, 0.1) is 32.8 Å². The number of hydrogen-bond donors (Lipinski definition) is 0. The van der Waals surface area contributed by atoms with Crippen LogP contribution >= 0.6 is 0 Å². The molecule has 18 heavy (non-hydrogen) atoms. The predicted molar refractivity (Wildman–Crippen MR) is 58.6 cm³/mol. The zero-order chi connectivity index (χ0) is 13.0. The summed E-state index contributed by atoms with van der Waals surface area (Å²) < 4.78 is 20.1. The Kier molecular flexibility index (Phi) is 4.51. The third-order valence-electron chi connectivity index (χ3n) is 3.07. The van der Waals surface area contributed by atoms with Gasteiger partial charge in [-0.15, -0.1) is 0 Å². The molecule has 2 atom stereocenters. The van der Waals surface area contributed by atoms with Gasteiger partial charge < -0.3 is 23.8 Å². The van der Waals surface area contributed by atoms with E-state index < -0.39 is 18.0 Å². The second kappa shape index (κ2) is 6.12. The first kappa shape index (κ1) is 13.3. The van der Waals surface area contributed by atoms with Gasteiger partial charge >= 0.3 is 5.97 Å². The first-order chi connectivity index (χ1) is 8.74. The number of morpholine rings is 1. The number of carbonyl (C=O) groups excluding carboxylic acids is 2. The number of hydrogen-bond acceptors (Lipinski definition) is 6. The molecule has 0 spiro atoms. The van der Waals surface area contributed by atoms with Crippen LogP contribution in [0, 0.1) is 5.92 Å². The summed E-state index contributed by atoms with van der Waals surface area (Å²) >= 11 is 0. The number of ether oxygens (including phenoxy) is 4. The first-order valence-electron chi connectivity index (χ1n) is 5.87. The maximum Gasteiger partial charge on any atom is 0.336 e. The van der Waals surface area contributed by atoms with E-state index in [-0.39, 0.29) is 19.3 Å². The summed E-state index contributed by atoms with van der Waals surface area (Å²) in [4.78, 5) is 25.5. The van der Waals surface area contributed by atoms with Crippen LogP contribution in [0.15, 0.2) is 0 Å². The Morgan fingerprint density at radius 3 is 2.61 bits per heavy atom. The molecule has 0 saturated carbocycles. The van der Waals surface area contributed by atoms with E-state index in [0.29, 0.717) is 26.3 Å². The zero-order valence-electron chi connectivity index (χ0n) is 10.3. The van der Waals surface area contributed by atoms with Gasteiger partial charge in [0.2, 0.25) is 5.91 Å². The van der Waals surface area contributed by atoms with Gasteiger partial charge in [0.15, 0.2) is 6.10 Å². The molecule has 2 fully saturated rings. The minimum absolute atomic E-state index is 0.00660. The van der Waals surface area contributed by atoms with E-state index in [1.54, 1.807) is 4.90 Å². The molecule has 1 unspecified atom stereocenters. The van der Waals surface area contributed by atoms with Crippen LogP contribution in [0.25, 0.3) is 0 Å². The Hall–Kier alpha value is -1.18. The van der Waals surface area contributed by atoms with Gasteiger partial charge in [-0.1, -0.05) is 0 Å². The molecule has 2 saturated heterocycles. The van der Waals surface area contributed by atoms with Gasteiger partial charge in [0.1, 0.15) is 6.79 Å². The fourth-order valence-corrected chi connectivity index (χ4v) is 2.07. The summed E-state index contributed by atoms with van der Waals surface area (Å²) in [6, 6.07) is 0. The Balaban J connectivity index is 2.03. The van der Waals surface area contributed by atoms with Crippen LogP contribution in [-0.2, 0) is 28.5 Å². The van der Waals surface area contributed by atoms with E-state index in [0.717, 1.165) is 0 Å². The van der Waals surface area contributed by atoms with Crippen LogP contribution in [0.1, 0.15) is 0 Å². The van der Waals surface area contributed by atoms with Gasteiger partial charge in [-0.05, 0) is 0 Å². The van der Waals surface area contributed by atoms with E-state index in [1.807, 2.05) is 0 Å². The van der Waals surface area contributed by atoms with Crippen molar-refractivity contribution in [2.24, 2.45) is 5.92 Å². The molecule has 2 heterocycles. The van der Waals surface area contributed by atoms with E-state index in [4.69, 9.17) is 14.2 Å². The molecule has 0 radical (unpaired) electrons. The largest absolute Gasteiger partial charge is 0.467 e. The highest BCUT2D eigenvalue weighted by molar-refractivity contribution is 5.87. The smallest absolute Gasteiger partial charge is 0.336 e. The molecule has 1 amide bonds. The lowest BCUT2D eigenvalue weighted by atomic mass is 10.0. The molecular weight excluding hydrogens is 242 g/mol. The minimum atomic E-state index is -0.876. The average Bonchev–Trinajstić information content (AvgIpc) is 2.46. The summed E-state index contributed by atoms with van der Waals surface area (Å²) in [6.07, 6.45) is -0.876. The van der Waals surface area contributed by atoms with Gasteiger partial charge in [-0.3, -0.25) is 4.79 Å². The predicted octanol–water partition coefficient (Wildman–Crippen LogP) is -0.993. The maximum atomic E-state index is 12.3. The highest BCUT2D eigenvalue weighted by Gasteiger charge is 2.40. The lowest BCUT2D eigenvalue weighted by Gasteiger charge is -2.34. The topological polar surface area (TPSA) is 74.3 Å². The molecule has 0 aromatic carbocycles. The molecule has 7 nitrogen and oxygen atoms in total. The SMILES string of the molecule is COC(=O)[C@@H]1OCOCC1C(=O)N1CCOCC1. The van der Waals surface area contributed by atoms with Crippen molar-refractivity contribution >= 4 is 11.9 Å². The maximum absolute atomic E-state index is 12.3. The third kappa shape index (κ3) is 2.80. The molecule has 0 aromatic heterocycles. The molecule has 7 heteroatoms. The van der Waals surface area contributed by atoms with E-state index >= 15 is 0 Å². The van der Waals surface area contributed by atoms with Gasteiger partial charge in [0.25, 0.3) is 0 Å². The number of methoxy groups -OCH3 is 1. The van der Waals surface area contributed by atoms with E-state index in [2.05, 4.69) is 4.74 Å². The molecule has 0 aliphatic carbocycles. The van der Waals surface area contributed by atoms with Crippen LogP contribution in [0.4, 0.5) is 0 Å². The molecule has 2 rings (SSSR count). The van der Waals surface area contributed by atoms with Crippen LogP contribution in [0.3, 0.4) is 0 Å². The Labute approximate surface area is 105 Å². The first-order valence-corrected chi connectivity index (χ1v) is 5.87. The Morgan fingerprint density at radius 1 is 1.22 bits per heavy atom. The standard InChI is InChI=1S/C11H17NO6/c1-15-11(14)9-8(6-17-7-18-9)10(13)12-2-4-16-5-3-12/h8-9H,2-7H2,1H3/t8?,9-/m1/s1. The Bertz CT molecular complexity index is 315. The number of nitrogens with zero attached hydrogens (tertiary/aromatic N) is 1. The van der Waals surface area contributed by atoms with Gasteiger partial charge in [-0.25, -0.2) is 4.79 Å². The number of carbonyl (C=O) groups is 2. The summed E-state index contributed by atoms with van der Waals surface area (Å²) in [5.74, 6) is -1.32. The normalized spacial score (nSPS) is 28.8. The van der Waals surface area contributed by atoms with Crippen molar-refractivity contribution in [3.63, 3.8) is 0 Å². The summed E-state index contributed by atoms with van der Waals surface area (Å²) in [6.45, 7) is 2.28. The lowest BCUT2D eigenvalue weighted by Crippen LogP contribution is -2.52. The van der Waals surface area contributed by atoms with Crippen molar-refractivity contribution in [1.82, 2.24) is 4.90 Å². The fourth-order valence-electron chi connectivity index (χ4n) is 2.07. The molecule has 0 N–H and O–H groups in total. The number of esters is 1. The number of amides is 1. The van der Waals surface area contributed by atoms with Crippen molar-refractivity contribution in [3.05, 3.63) is 0 Å². The summed E-state index contributed by atoms with van der Waals surface area (Å²) in [5.41, 5.74) is 0. The highest BCUT2D eigenvalue weighted by Crippen LogP contribution is 2.19. The van der Waals surface area contributed by atoms with Crippen molar-refractivity contribution in [1.29, 1.82) is 0 Å². The van der Waals surface area contributed by atoms with E-state index in [1.165, 1.54) is 7.11 Å². The minimum Gasteiger partial charge on any atom is -0.467 e. The van der Waals surface area contributed by atoms with Crippen LogP contribution in [-0.4, -0.2) is 69.7 Å².